The number of fused-ring (bicyclic) bond motifs is 4. The lowest BCUT2D eigenvalue weighted by Crippen LogP contribution is -2.12. The number of unbranched alkanes of at least 4 members (excludes halogenated alkanes) is 1. The number of benzene rings is 5. The number of amidine groups is 2. The molecule has 0 radical (unpaired) electrons. The zero-order valence-corrected chi connectivity index (χ0v) is 26.5. The van der Waals surface area contributed by atoms with Crippen LogP contribution in [0.4, 0.5) is 0 Å². The van der Waals surface area contributed by atoms with Crippen molar-refractivity contribution in [3.63, 3.8) is 0 Å². The number of rotatable bonds is 10. The van der Waals surface area contributed by atoms with Gasteiger partial charge in [0, 0.05) is 51.6 Å². The van der Waals surface area contributed by atoms with Crippen molar-refractivity contribution in [1.29, 1.82) is 0 Å². The Hall–Kier alpha value is -6.55. The van der Waals surface area contributed by atoms with Gasteiger partial charge in [-0.3, -0.25) is 4.79 Å². The molecule has 2 heterocycles. The minimum atomic E-state index is -0.140. The van der Waals surface area contributed by atoms with Crippen molar-refractivity contribution in [3.8, 4) is 28.0 Å². The number of H-pyrrole nitrogens is 1. The van der Waals surface area contributed by atoms with E-state index < -0.39 is 0 Å². The number of nitrogens with zero attached hydrogens (tertiary/aromatic N) is 3. The number of ether oxygens (including phenoxy) is 1. The Morgan fingerprint density at radius 1 is 0.673 bits per heavy atom. The first-order valence-corrected chi connectivity index (χ1v) is 15.9. The molecule has 5 aromatic carbocycles. The third-order valence-electron chi connectivity index (χ3n) is 8.81. The van der Waals surface area contributed by atoms with Gasteiger partial charge in [0.2, 0.25) is 5.56 Å². The van der Waals surface area contributed by atoms with Crippen LogP contribution < -0.4 is 21.8 Å². The van der Waals surface area contributed by atoms with E-state index in [0.717, 1.165) is 80.1 Å². The summed E-state index contributed by atoms with van der Waals surface area (Å²) >= 11 is 0. The molecule has 49 heavy (non-hydrogen) atoms. The van der Waals surface area contributed by atoms with Crippen molar-refractivity contribution in [3.05, 3.63) is 137 Å². The summed E-state index contributed by atoms with van der Waals surface area (Å²) in [6, 6.07) is 37.1. The zero-order chi connectivity index (χ0) is 33.9. The van der Waals surface area contributed by atoms with E-state index in [1.807, 2.05) is 66.7 Å². The Kier molecular flexibility index (Phi) is 8.42. The van der Waals surface area contributed by atoms with Gasteiger partial charge in [-0.15, -0.1) is 0 Å². The van der Waals surface area contributed by atoms with Gasteiger partial charge in [-0.05, 0) is 95.1 Å². The number of nitrogens with one attached hydrogen (secondary N) is 1. The lowest BCUT2D eigenvalue weighted by Gasteiger charge is -2.10. The van der Waals surface area contributed by atoms with Gasteiger partial charge < -0.3 is 36.2 Å². The van der Waals surface area contributed by atoms with Gasteiger partial charge in [0.25, 0.3) is 0 Å². The van der Waals surface area contributed by atoms with Crippen molar-refractivity contribution in [2.75, 3.05) is 6.61 Å². The Bertz CT molecular complexity index is 2340. The molecule has 2 aromatic heterocycles. The molecule has 7 rings (SSSR count). The van der Waals surface area contributed by atoms with Gasteiger partial charge in [-0.25, -0.2) is 0 Å². The maximum absolute atomic E-state index is 11.7. The van der Waals surface area contributed by atoms with Crippen LogP contribution in [-0.4, -0.2) is 38.2 Å². The maximum atomic E-state index is 11.7. The van der Waals surface area contributed by atoms with Gasteiger partial charge in [0.1, 0.15) is 5.75 Å². The van der Waals surface area contributed by atoms with E-state index in [4.69, 9.17) is 16.2 Å². The van der Waals surface area contributed by atoms with Crippen LogP contribution in [0.15, 0.2) is 130 Å². The minimum absolute atomic E-state index is 0.0535. The van der Waals surface area contributed by atoms with Crippen LogP contribution in [0.1, 0.15) is 24.0 Å². The molecule has 0 aliphatic heterocycles. The summed E-state index contributed by atoms with van der Waals surface area (Å²) in [4.78, 5) is 14.6. The van der Waals surface area contributed by atoms with Crippen LogP contribution in [0.25, 0.3) is 55.0 Å². The quantitative estimate of drug-likeness (QED) is 0.0351. The molecule has 7 aromatic rings. The largest absolute Gasteiger partial charge is 0.494 e. The molecule has 0 spiro atoms. The van der Waals surface area contributed by atoms with Crippen molar-refractivity contribution in [2.24, 2.45) is 21.8 Å². The Balaban J connectivity index is 1.21. The van der Waals surface area contributed by atoms with Crippen LogP contribution in [0, 0.1) is 0 Å². The second-order valence-electron chi connectivity index (χ2n) is 11.9. The highest BCUT2D eigenvalue weighted by molar-refractivity contribution is 6.11. The molecule has 0 saturated carbocycles. The molecule has 0 unspecified atom stereocenters. The topological polar surface area (TPSA) is 164 Å². The van der Waals surface area contributed by atoms with Crippen molar-refractivity contribution in [1.82, 2.24) is 9.55 Å². The number of aryl methyl sites for hydroxylation is 1. The third kappa shape index (κ3) is 6.27. The highest BCUT2D eigenvalue weighted by Gasteiger charge is 2.14. The summed E-state index contributed by atoms with van der Waals surface area (Å²) in [5, 5.41) is 27.9. The maximum Gasteiger partial charge on any atom is 0.248 e. The van der Waals surface area contributed by atoms with Gasteiger partial charge >= 0.3 is 0 Å². The van der Waals surface area contributed by atoms with E-state index in [1.54, 1.807) is 6.07 Å². The smallest absolute Gasteiger partial charge is 0.248 e. The fourth-order valence-electron chi connectivity index (χ4n) is 6.32. The Morgan fingerprint density at radius 3 is 1.84 bits per heavy atom. The molecule has 0 atom stereocenters. The summed E-state index contributed by atoms with van der Waals surface area (Å²) in [5.41, 5.74) is 19.8. The van der Waals surface area contributed by atoms with Crippen molar-refractivity contribution in [2.45, 2.75) is 19.4 Å². The number of oxime groups is 2. The van der Waals surface area contributed by atoms with E-state index in [0.29, 0.717) is 17.7 Å². The van der Waals surface area contributed by atoms with Crippen LogP contribution in [-0.2, 0) is 6.54 Å². The van der Waals surface area contributed by atoms with E-state index in [-0.39, 0.29) is 17.2 Å². The summed E-state index contributed by atoms with van der Waals surface area (Å²) in [7, 11) is 0. The highest BCUT2D eigenvalue weighted by Crippen LogP contribution is 2.36. The first-order valence-electron chi connectivity index (χ1n) is 15.9. The van der Waals surface area contributed by atoms with E-state index in [1.165, 1.54) is 6.07 Å². The lowest BCUT2D eigenvalue weighted by atomic mass is 9.98. The molecule has 10 heteroatoms. The SMILES string of the molecule is N/C(=N\O)c1cccc(-c2ccc3c(c2)c2cc(-c4cccc(/C(N)=N/O)c4)ccc2n3CCCCOc2ccc3ccc(=O)[nH]c3c2)c1. The summed E-state index contributed by atoms with van der Waals surface area (Å²) in [6.45, 7) is 1.33. The molecular formula is C39H34N6O4. The summed E-state index contributed by atoms with van der Waals surface area (Å²) in [5.74, 6) is 0.828. The van der Waals surface area contributed by atoms with Gasteiger partial charge in [-0.2, -0.15) is 0 Å². The average Bonchev–Trinajstić information content (AvgIpc) is 3.45. The van der Waals surface area contributed by atoms with E-state index >= 15 is 0 Å². The minimum Gasteiger partial charge on any atom is -0.494 e. The molecule has 0 amide bonds. The molecular weight excluding hydrogens is 616 g/mol. The van der Waals surface area contributed by atoms with Gasteiger partial charge in [0.05, 0.1) is 12.1 Å². The number of aromatic amines is 1. The predicted molar refractivity (Wildman–Crippen MR) is 195 cm³/mol. The fourth-order valence-corrected chi connectivity index (χ4v) is 6.32. The number of hydrogen-bond acceptors (Lipinski definition) is 6. The first kappa shape index (κ1) is 31.1. The van der Waals surface area contributed by atoms with Crippen LogP contribution in [0.5, 0.6) is 5.75 Å². The molecule has 0 aliphatic rings. The molecule has 244 valence electrons. The number of nitrogens with two attached hydrogens (primary N) is 2. The van der Waals surface area contributed by atoms with E-state index in [2.05, 4.69) is 56.3 Å². The van der Waals surface area contributed by atoms with E-state index in [9.17, 15) is 15.2 Å². The monoisotopic (exact) mass is 650 g/mol. The standard InChI is InChI=1S/C39H34N6O4/c40-38(43-47)29-7-3-5-25(19-29)27-10-14-35-32(21-27)33-22-28(26-6-4-8-30(20-26)39(41)44-48)11-15-36(33)45(35)17-1-2-18-49-31-13-9-24-12-16-37(46)42-34(24)23-31/h3-16,19-23,47-48H,1-2,17-18H2,(H2,40,43)(H2,41,44)(H,42,46). The molecule has 7 N–H and O–H groups in total. The molecule has 0 fully saturated rings. The van der Waals surface area contributed by atoms with Gasteiger partial charge in [-0.1, -0.05) is 58.8 Å². The predicted octanol–water partition coefficient (Wildman–Crippen LogP) is 7.02. The average molecular weight is 651 g/mol. The van der Waals surface area contributed by atoms with Gasteiger partial charge in [0.15, 0.2) is 11.7 Å². The number of pyridine rings is 1. The van der Waals surface area contributed by atoms with Crippen LogP contribution in [0.3, 0.4) is 0 Å². The van der Waals surface area contributed by atoms with Crippen molar-refractivity contribution < 1.29 is 15.2 Å². The lowest BCUT2D eigenvalue weighted by molar-refractivity contribution is 0.304. The molecule has 0 aliphatic carbocycles. The second-order valence-corrected chi connectivity index (χ2v) is 11.9. The summed E-state index contributed by atoms with van der Waals surface area (Å²) < 4.78 is 8.40. The molecule has 10 nitrogen and oxygen atoms in total. The Morgan fingerprint density at radius 2 is 1.24 bits per heavy atom. The van der Waals surface area contributed by atoms with Crippen LogP contribution >= 0.6 is 0 Å². The third-order valence-corrected chi connectivity index (χ3v) is 8.81. The van der Waals surface area contributed by atoms with Crippen molar-refractivity contribution >= 4 is 44.4 Å². The first-order chi connectivity index (χ1) is 23.9. The highest BCUT2D eigenvalue weighted by atomic mass is 16.5. The summed E-state index contributed by atoms with van der Waals surface area (Å²) in [6.07, 6.45) is 1.72. The normalized spacial score (nSPS) is 12.2. The zero-order valence-electron chi connectivity index (χ0n) is 26.5. The number of hydrogen-bond donors (Lipinski definition) is 5. The Labute approximate surface area is 281 Å². The molecule has 0 bridgehead atoms. The number of aromatic nitrogens is 2. The fraction of sp³-hybridized carbons (Fsp3) is 0.103. The molecule has 0 saturated heterocycles. The second kappa shape index (κ2) is 13.3. The van der Waals surface area contributed by atoms with Crippen LogP contribution in [0.2, 0.25) is 0 Å².